The van der Waals surface area contributed by atoms with Gasteiger partial charge in [0.05, 0.1) is 18.4 Å². The zero-order chi connectivity index (χ0) is 19.5. The number of carbonyl (C=O) groups excluding carboxylic acids is 1. The van der Waals surface area contributed by atoms with Crippen molar-refractivity contribution in [2.45, 2.75) is 6.54 Å². The molecule has 0 unspecified atom stereocenters. The Hall–Kier alpha value is -3.73. The van der Waals surface area contributed by atoms with Gasteiger partial charge >= 0.3 is 0 Å². The maximum absolute atomic E-state index is 12.9. The van der Waals surface area contributed by atoms with Crippen molar-refractivity contribution in [1.29, 1.82) is 0 Å². The molecule has 0 spiro atoms. The van der Waals surface area contributed by atoms with Crippen molar-refractivity contribution in [3.8, 4) is 11.5 Å². The summed E-state index contributed by atoms with van der Waals surface area (Å²) in [4.78, 5) is 12.9. The Morgan fingerprint density at radius 2 is 1.79 bits per heavy atom. The third-order valence-electron chi connectivity index (χ3n) is 4.68. The van der Waals surface area contributed by atoms with Crippen LogP contribution in [0.25, 0.3) is 10.9 Å². The topological polar surface area (TPSA) is 63.5 Å². The van der Waals surface area contributed by atoms with Crippen LogP contribution in [0.3, 0.4) is 0 Å². The van der Waals surface area contributed by atoms with Gasteiger partial charge in [-0.05, 0) is 23.8 Å². The maximum Gasteiger partial charge on any atom is 0.257 e. The molecule has 140 valence electrons. The summed E-state index contributed by atoms with van der Waals surface area (Å²) in [5.41, 5.74) is 3.03. The lowest BCUT2D eigenvalue weighted by molar-refractivity contribution is 0.102. The summed E-state index contributed by atoms with van der Waals surface area (Å²) < 4.78 is 7.14. The molecule has 3 aromatic carbocycles. The van der Waals surface area contributed by atoms with Gasteiger partial charge in [-0.3, -0.25) is 4.79 Å². The number of carbonyl (C=O) groups is 1. The molecular formula is C23H20N2O3. The highest BCUT2D eigenvalue weighted by molar-refractivity contribution is 6.13. The summed E-state index contributed by atoms with van der Waals surface area (Å²) in [7, 11) is 1.52. The molecule has 0 atom stereocenters. The molecule has 1 heterocycles. The smallest absolute Gasteiger partial charge is 0.257 e. The van der Waals surface area contributed by atoms with Gasteiger partial charge in [0, 0.05) is 29.7 Å². The Kier molecular flexibility index (Phi) is 4.72. The average molecular weight is 372 g/mol. The van der Waals surface area contributed by atoms with Gasteiger partial charge in [0.15, 0.2) is 0 Å². The summed E-state index contributed by atoms with van der Waals surface area (Å²) in [6.07, 6.45) is 1.85. The maximum atomic E-state index is 12.9. The van der Waals surface area contributed by atoms with E-state index in [0.29, 0.717) is 23.5 Å². The van der Waals surface area contributed by atoms with Crippen LogP contribution in [-0.4, -0.2) is 22.7 Å². The van der Waals surface area contributed by atoms with Crippen molar-refractivity contribution < 1.29 is 14.6 Å². The molecule has 0 saturated carbocycles. The van der Waals surface area contributed by atoms with Crippen molar-refractivity contribution in [2.24, 2.45) is 0 Å². The Labute approximate surface area is 162 Å². The van der Waals surface area contributed by atoms with Crippen LogP contribution in [0.2, 0.25) is 0 Å². The summed E-state index contributed by atoms with van der Waals surface area (Å²) in [6, 6.07) is 22.7. The van der Waals surface area contributed by atoms with Crippen molar-refractivity contribution in [3.05, 3.63) is 90.1 Å². The van der Waals surface area contributed by atoms with E-state index in [-0.39, 0.29) is 11.7 Å². The van der Waals surface area contributed by atoms with Crippen LogP contribution in [-0.2, 0) is 6.54 Å². The van der Waals surface area contributed by atoms with E-state index in [0.717, 1.165) is 16.5 Å². The molecule has 5 heteroatoms. The molecule has 0 radical (unpaired) electrons. The molecule has 2 N–H and O–H groups in total. The number of anilines is 1. The van der Waals surface area contributed by atoms with E-state index in [1.165, 1.54) is 13.2 Å². The first-order valence-electron chi connectivity index (χ1n) is 8.96. The number of para-hydroxylation sites is 1. The number of benzene rings is 3. The molecule has 0 saturated heterocycles. The van der Waals surface area contributed by atoms with E-state index in [9.17, 15) is 9.90 Å². The first-order valence-corrected chi connectivity index (χ1v) is 8.96. The largest absolute Gasteiger partial charge is 0.506 e. The first kappa shape index (κ1) is 17.7. The Balaban J connectivity index is 1.67. The summed E-state index contributed by atoms with van der Waals surface area (Å²) >= 11 is 0. The first-order chi connectivity index (χ1) is 13.7. The number of hydrogen-bond donors (Lipinski definition) is 2. The van der Waals surface area contributed by atoms with Gasteiger partial charge in [0.2, 0.25) is 0 Å². The fraction of sp³-hybridized carbons (Fsp3) is 0.0870. The quantitative estimate of drug-likeness (QED) is 0.501. The highest BCUT2D eigenvalue weighted by Gasteiger charge is 2.16. The molecule has 0 aliphatic heterocycles. The minimum absolute atomic E-state index is 0.0410. The second kappa shape index (κ2) is 7.48. The number of phenols is 1. The predicted octanol–water partition coefficient (Wildman–Crippen LogP) is 4.66. The molecule has 4 aromatic rings. The van der Waals surface area contributed by atoms with Crippen molar-refractivity contribution in [2.75, 3.05) is 12.4 Å². The van der Waals surface area contributed by atoms with Gasteiger partial charge < -0.3 is 19.7 Å². The molecule has 4 rings (SSSR count). The summed E-state index contributed by atoms with van der Waals surface area (Å²) in [5, 5.41) is 13.8. The van der Waals surface area contributed by atoms with Crippen molar-refractivity contribution in [1.82, 2.24) is 4.57 Å². The van der Waals surface area contributed by atoms with E-state index in [1.807, 2.05) is 48.7 Å². The van der Waals surface area contributed by atoms with E-state index in [4.69, 9.17) is 4.74 Å². The SMILES string of the molecule is COc1ccc(NC(=O)c2cn(Cc3ccccc3)c3ccccc23)c(O)c1. The monoisotopic (exact) mass is 372 g/mol. The zero-order valence-electron chi connectivity index (χ0n) is 15.4. The van der Waals surface area contributed by atoms with E-state index < -0.39 is 0 Å². The van der Waals surface area contributed by atoms with Crippen molar-refractivity contribution >= 4 is 22.5 Å². The lowest BCUT2D eigenvalue weighted by atomic mass is 10.1. The van der Waals surface area contributed by atoms with Crippen LogP contribution in [0.15, 0.2) is 79.0 Å². The number of phenolic OH excluding ortho intramolecular Hbond substituents is 1. The highest BCUT2D eigenvalue weighted by atomic mass is 16.5. The van der Waals surface area contributed by atoms with Crippen LogP contribution in [0.5, 0.6) is 11.5 Å². The number of ether oxygens (including phenoxy) is 1. The number of hydrogen-bond acceptors (Lipinski definition) is 3. The number of nitrogens with zero attached hydrogens (tertiary/aromatic N) is 1. The number of fused-ring (bicyclic) bond motifs is 1. The molecule has 1 aromatic heterocycles. The lowest BCUT2D eigenvalue weighted by Crippen LogP contribution is -2.11. The molecule has 1 amide bonds. The van der Waals surface area contributed by atoms with Crippen molar-refractivity contribution in [3.63, 3.8) is 0 Å². The van der Waals surface area contributed by atoms with Crippen LogP contribution in [0, 0.1) is 0 Å². The average Bonchev–Trinajstić information content (AvgIpc) is 3.09. The van der Waals surface area contributed by atoms with Crippen LogP contribution < -0.4 is 10.1 Å². The number of methoxy groups -OCH3 is 1. The molecule has 0 aliphatic rings. The fourth-order valence-electron chi connectivity index (χ4n) is 3.27. The molecule has 0 fully saturated rings. The van der Waals surface area contributed by atoms with E-state index in [1.54, 1.807) is 12.1 Å². The number of nitrogens with one attached hydrogen (secondary N) is 1. The lowest BCUT2D eigenvalue weighted by Gasteiger charge is -2.08. The summed E-state index contributed by atoms with van der Waals surface area (Å²) in [6.45, 7) is 0.669. The normalized spacial score (nSPS) is 10.8. The Bertz CT molecular complexity index is 1130. The minimum Gasteiger partial charge on any atom is -0.506 e. The second-order valence-electron chi connectivity index (χ2n) is 6.51. The Morgan fingerprint density at radius 1 is 1.04 bits per heavy atom. The van der Waals surface area contributed by atoms with E-state index >= 15 is 0 Å². The molecule has 0 bridgehead atoms. The number of aromatic nitrogens is 1. The number of aromatic hydroxyl groups is 1. The molecule has 28 heavy (non-hydrogen) atoms. The molecule has 0 aliphatic carbocycles. The number of rotatable bonds is 5. The third kappa shape index (κ3) is 3.42. The fourth-order valence-corrected chi connectivity index (χ4v) is 3.27. The van der Waals surface area contributed by atoms with E-state index in [2.05, 4.69) is 22.0 Å². The van der Waals surface area contributed by atoms with Gasteiger partial charge in [0.25, 0.3) is 5.91 Å². The van der Waals surface area contributed by atoms with Gasteiger partial charge in [-0.15, -0.1) is 0 Å². The van der Waals surface area contributed by atoms with Crippen LogP contribution in [0.1, 0.15) is 15.9 Å². The summed E-state index contributed by atoms with van der Waals surface area (Å²) in [5.74, 6) is 0.208. The van der Waals surface area contributed by atoms with Crippen LogP contribution >= 0.6 is 0 Å². The minimum atomic E-state index is -0.275. The standard InChI is InChI=1S/C23H20N2O3/c1-28-17-11-12-20(22(26)13-17)24-23(27)19-15-25(14-16-7-3-2-4-8-16)21-10-6-5-9-18(19)21/h2-13,15,26H,14H2,1H3,(H,24,27). The van der Waals surface area contributed by atoms with Crippen LogP contribution in [0.4, 0.5) is 5.69 Å². The highest BCUT2D eigenvalue weighted by Crippen LogP contribution is 2.29. The third-order valence-corrected chi connectivity index (χ3v) is 4.68. The second-order valence-corrected chi connectivity index (χ2v) is 6.51. The van der Waals surface area contributed by atoms with Gasteiger partial charge in [-0.2, -0.15) is 0 Å². The molecule has 5 nitrogen and oxygen atoms in total. The van der Waals surface area contributed by atoms with Gasteiger partial charge in [0.1, 0.15) is 11.5 Å². The molecular weight excluding hydrogens is 352 g/mol. The zero-order valence-corrected chi connectivity index (χ0v) is 15.4. The van der Waals surface area contributed by atoms with Gasteiger partial charge in [-0.1, -0.05) is 48.5 Å². The number of amides is 1. The predicted molar refractivity (Wildman–Crippen MR) is 110 cm³/mol. The Morgan fingerprint density at radius 3 is 2.54 bits per heavy atom. The van der Waals surface area contributed by atoms with Gasteiger partial charge in [-0.25, -0.2) is 0 Å².